The van der Waals surface area contributed by atoms with Crippen molar-refractivity contribution in [2.24, 2.45) is 0 Å². The van der Waals surface area contributed by atoms with Crippen LogP contribution in [-0.2, 0) is 4.74 Å². The lowest BCUT2D eigenvalue weighted by Crippen LogP contribution is -2.24. The molecule has 0 saturated heterocycles. The summed E-state index contributed by atoms with van der Waals surface area (Å²) in [5.74, 6) is -0.0750. The molecule has 1 aromatic carbocycles. The highest BCUT2D eigenvalue weighted by molar-refractivity contribution is 6.30. The van der Waals surface area contributed by atoms with Crippen LogP contribution in [0.4, 0.5) is 0 Å². The monoisotopic (exact) mass is 385 g/mol. The number of nitrogens with zero attached hydrogens (tertiary/aromatic N) is 2. The number of aryl methyl sites for hydroxylation is 1. The normalized spacial score (nSPS) is 11.4. The predicted octanol–water partition coefficient (Wildman–Crippen LogP) is 4.14. The van der Waals surface area contributed by atoms with Gasteiger partial charge in [-0.2, -0.15) is 0 Å². The molecule has 27 heavy (non-hydrogen) atoms. The van der Waals surface area contributed by atoms with E-state index in [1.54, 1.807) is 57.2 Å². The molecule has 0 saturated carbocycles. The number of rotatable bonds is 3. The second-order valence-corrected chi connectivity index (χ2v) is 7.60. The number of esters is 1. The van der Waals surface area contributed by atoms with Gasteiger partial charge in [0.15, 0.2) is 5.82 Å². The number of hydrogen-bond acceptors (Lipinski definition) is 4. The largest absolute Gasteiger partial charge is 0.456 e. The first-order valence-corrected chi connectivity index (χ1v) is 8.81. The van der Waals surface area contributed by atoms with Crippen molar-refractivity contribution in [3.05, 3.63) is 69.2 Å². The van der Waals surface area contributed by atoms with Gasteiger partial charge in [0.05, 0.1) is 11.1 Å². The summed E-state index contributed by atoms with van der Waals surface area (Å²) in [7, 11) is 0. The summed E-state index contributed by atoms with van der Waals surface area (Å²) < 4.78 is 6.66. The molecule has 3 aromatic rings. The SMILES string of the molecule is Cc1[nH]n(-c2ccc(C(=O)OC(C)(C)C)cn2)c(=O)c1-c1ccc(Cl)cc1. The molecular weight excluding hydrogens is 366 g/mol. The first-order chi connectivity index (χ1) is 12.7. The molecule has 7 heteroatoms. The van der Waals surface area contributed by atoms with Gasteiger partial charge in [-0.15, -0.1) is 0 Å². The Labute approximate surface area is 161 Å². The third kappa shape index (κ3) is 4.11. The second kappa shape index (κ2) is 7.04. The van der Waals surface area contributed by atoms with E-state index in [1.807, 2.05) is 6.92 Å². The molecule has 140 valence electrons. The van der Waals surface area contributed by atoms with E-state index in [0.717, 1.165) is 5.56 Å². The van der Waals surface area contributed by atoms with E-state index < -0.39 is 11.6 Å². The minimum Gasteiger partial charge on any atom is -0.456 e. The van der Waals surface area contributed by atoms with Gasteiger partial charge in [-0.1, -0.05) is 23.7 Å². The van der Waals surface area contributed by atoms with Crippen molar-refractivity contribution in [2.45, 2.75) is 33.3 Å². The molecular formula is C20H20ClN3O3. The number of hydrogen-bond donors (Lipinski definition) is 1. The Morgan fingerprint density at radius 1 is 1.15 bits per heavy atom. The van der Waals surface area contributed by atoms with Crippen LogP contribution in [0.3, 0.4) is 0 Å². The van der Waals surface area contributed by atoms with Gasteiger partial charge in [0, 0.05) is 16.9 Å². The van der Waals surface area contributed by atoms with Crippen molar-refractivity contribution in [1.29, 1.82) is 0 Å². The molecule has 0 spiro atoms. The van der Waals surface area contributed by atoms with Crippen molar-refractivity contribution in [2.75, 3.05) is 0 Å². The lowest BCUT2D eigenvalue weighted by molar-refractivity contribution is 0.00691. The van der Waals surface area contributed by atoms with Crippen LogP contribution in [0.1, 0.15) is 36.8 Å². The summed E-state index contributed by atoms with van der Waals surface area (Å²) in [6.07, 6.45) is 1.40. The Hall–Kier alpha value is -2.86. The van der Waals surface area contributed by atoms with Crippen LogP contribution in [0, 0.1) is 6.92 Å². The maximum absolute atomic E-state index is 12.8. The maximum atomic E-state index is 12.8. The smallest absolute Gasteiger partial charge is 0.340 e. The van der Waals surface area contributed by atoms with Crippen molar-refractivity contribution >= 4 is 17.6 Å². The van der Waals surface area contributed by atoms with Crippen LogP contribution >= 0.6 is 11.6 Å². The molecule has 6 nitrogen and oxygen atoms in total. The quantitative estimate of drug-likeness (QED) is 0.687. The number of halogens is 1. The zero-order valence-corrected chi connectivity index (χ0v) is 16.3. The zero-order chi connectivity index (χ0) is 19.8. The number of benzene rings is 1. The Kier molecular flexibility index (Phi) is 4.93. The molecule has 2 aromatic heterocycles. The summed E-state index contributed by atoms with van der Waals surface area (Å²) in [6.45, 7) is 7.21. The standard InChI is InChI=1S/C20H20ClN3O3/c1-12-17(13-5-8-15(21)9-6-13)18(25)24(23-12)16-10-7-14(11-22-16)19(26)27-20(2,3)4/h5-11,23H,1-4H3. The molecule has 0 unspecified atom stereocenters. The number of carbonyl (C=O) groups excluding carboxylic acids is 1. The summed E-state index contributed by atoms with van der Waals surface area (Å²) in [4.78, 5) is 29.2. The Morgan fingerprint density at radius 3 is 2.37 bits per heavy atom. The molecule has 0 fully saturated rings. The van der Waals surface area contributed by atoms with Crippen LogP contribution in [0.5, 0.6) is 0 Å². The lowest BCUT2D eigenvalue weighted by atomic mass is 10.1. The Balaban J connectivity index is 1.94. The molecule has 0 aliphatic rings. The van der Waals surface area contributed by atoms with Gasteiger partial charge < -0.3 is 4.74 Å². The molecule has 0 bridgehead atoms. The molecule has 1 N–H and O–H groups in total. The van der Waals surface area contributed by atoms with E-state index >= 15 is 0 Å². The van der Waals surface area contributed by atoms with Crippen LogP contribution in [0.25, 0.3) is 16.9 Å². The average molecular weight is 386 g/mol. The van der Waals surface area contributed by atoms with Crippen molar-refractivity contribution in [1.82, 2.24) is 14.8 Å². The van der Waals surface area contributed by atoms with Gasteiger partial charge in [-0.3, -0.25) is 9.89 Å². The fourth-order valence-electron chi connectivity index (χ4n) is 2.64. The summed E-state index contributed by atoms with van der Waals surface area (Å²) in [5.41, 5.74) is 1.53. The van der Waals surface area contributed by atoms with Crippen LogP contribution in [0.2, 0.25) is 5.02 Å². The number of ether oxygens (including phenoxy) is 1. The lowest BCUT2D eigenvalue weighted by Gasteiger charge is -2.19. The van der Waals surface area contributed by atoms with Gasteiger partial charge in [-0.25, -0.2) is 14.5 Å². The molecule has 2 heterocycles. The van der Waals surface area contributed by atoms with E-state index in [4.69, 9.17) is 16.3 Å². The second-order valence-electron chi connectivity index (χ2n) is 7.17. The molecule has 0 radical (unpaired) electrons. The van der Waals surface area contributed by atoms with Crippen molar-refractivity contribution in [3.8, 4) is 16.9 Å². The van der Waals surface area contributed by atoms with Crippen LogP contribution in [0.15, 0.2) is 47.4 Å². The summed E-state index contributed by atoms with van der Waals surface area (Å²) >= 11 is 5.92. The number of carbonyl (C=O) groups is 1. The van der Waals surface area contributed by atoms with E-state index in [1.165, 1.54) is 10.9 Å². The van der Waals surface area contributed by atoms with E-state index in [9.17, 15) is 9.59 Å². The molecule has 0 amide bonds. The van der Waals surface area contributed by atoms with Gasteiger partial charge in [0.1, 0.15) is 5.60 Å². The topological polar surface area (TPSA) is 77.0 Å². The van der Waals surface area contributed by atoms with Gasteiger partial charge in [-0.05, 0) is 57.5 Å². The van der Waals surface area contributed by atoms with Crippen molar-refractivity contribution < 1.29 is 9.53 Å². The fourth-order valence-corrected chi connectivity index (χ4v) is 2.77. The molecule has 0 atom stereocenters. The predicted molar refractivity (Wildman–Crippen MR) is 105 cm³/mol. The highest BCUT2D eigenvalue weighted by Crippen LogP contribution is 2.21. The number of aromatic amines is 1. The van der Waals surface area contributed by atoms with Gasteiger partial charge in [0.25, 0.3) is 5.56 Å². The number of H-pyrrole nitrogens is 1. The van der Waals surface area contributed by atoms with E-state index in [2.05, 4.69) is 10.1 Å². The summed E-state index contributed by atoms with van der Waals surface area (Å²) in [5, 5.41) is 3.63. The molecule has 3 rings (SSSR count). The third-order valence-electron chi connectivity index (χ3n) is 3.82. The minimum absolute atomic E-state index is 0.229. The highest BCUT2D eigenvalue weighted by atomic mass is 35.5. The van der Waals surface area contributed by atoms with E-state index in [-0.39, 0.29) is 5.56 Å². The van der Waals surface area contributed by atoms with Crippen LogP contribution < -0.4 is 5.56 Å². The fraction of sp³-hybridized carbons (Fsp3) is 0.250. The molecule has 0 aliphatic heterocycles. The Bertz CT molecular complexity index is 1030. The highest BCUT2D eigenvalue weighted by Gasteiger charge is 2.19. The third-order valence-corrected chi connectivity index (χ3v) is 4.07. The van der Waals surface area contributed by atoms with Gasteiger partial charge in [0.2, 0.25) is 0 Å². The number of pyridine rings is 1. The molecule has 0 aliphatic carbocycles. The number of aromatic nitrogens is 3. The Morgan fingerprint density at radius 2 is 1.81 bits per heavy atom. The van der Waals surface area contributed by atoms with Gasteiger partial charge >= 0.3 is 5.97 Å². The average Bonchev–Trinajstić information content (AvgIpc) is 2.89. The number of nitrogens with one attached hydrogen (secondary N) is 1. The first-order valence-electron chi connectivity index (χ1n) is 8.43. The van der Waals surface area contributed by atoms with Crippen LogP contribution in [-0.4, -0.2) is 26.3 Å². The van der Waals surface area contributed by atoms with Crippen molar-refractivity contribution in [3.63, 3.8) is 0 Å². The zero-order valence-electron chi connectivity index (χ0n) is 15.5. The van der Waals surface area contributed by atoms with E-state index in [0.29, 0.717) is 27.7 Å². The first kappa shape index (κ1) is 18.9. The summed E-state index contributed by atoms with van der Waals surface area (Å²) in [6, 6.07) is 10.2. The minimum atomic E-state index is -0.587. The maximum Gasteiger partial charge on any atom is 0.340 e.